The van der Waals surface area contributed by atoms with E-state index in [0.29, 0.717) is 16.8 Å². The van der Waals surface area contributed by atoms with Gasteiger partial charge in [-0.15, -0.1) is 0 Å². The molecular formula is C19H19NO5. The minimum atomic E-state index is -1.01. The standard InChI is InChI=1S/C19H19NO5/c1-11-5-4-6-16(17(11)22)19(24)25-12(2)18(23)14-7-9-15(10-8-14)20-13(3)21/h4-10,12,22H,1-3H3,(H,20,21)/t12-/m0/s1. The number of aryl methyl sites for hydroxylation is 1. The summed E-state index contributed by atoms with van der Waals surface area (Å²) in [5, 5.41) is 12.5. The first-order valence-corrected chi connectivity index (χ1v) is 7.71. The Morgan fingerprint density at radius 2 is 1.72 bits per heavy atom. The molecule has 1 atom stereocenters. The predicted molar refractivity (Wildman–Crippen MR) is 92.8 cm³/mol. The van der Waals surface area contributed by atoms with E-state index in [1.54, 1.807) is 43.3 Å². The Labute approximate surface area is 145 Å². The molecule has 0 saturated heterocycles. The normalized spacial score (nSPS) is 11.5. The van der Waals surface area contributed by atoms with Crippen LogP contribution < -0.4 is 5.32 Å². The van der Waals surface area contributed by atoms with Gasteiger partial charge in [0, 0.05) is 18.2 Å². The SMILES string of the molecule is CC(=O)Nc1ccc(C(=O)[C@H](C)OC(=O)c2cccc(C)c2O)cc1. The first-order chi connectivity index (χ1) is 11.8. The minimum Gasteiger partial charge on any atom is -0.507 e. The average Bonchev–Trinajstić information content (AvgIpc) is 2.56. The second-order valence-corrected chi connectivity index (χ2v) is 5.64. The van der Waals surface area contributed by atoms with Gasteiger partial charge in [-0.2, -0.15) is 0 Å². The minimum absolute atomic E-state index is 0.0145. The van der Waals surface area contributed by atoms with Crippen molar-refractivity contribution in [3.05, 3.63) is 59.2 Å². The van der Waals surface area contributed by atoms with Crippen LogP contribution in [-0.2, 0) is 9.53 Å². The summed E-state index contributed by atoms with van der Waals surface area (Å²) in [6, 6.07) is 11.0. The summed E-state index contributed by atoms with van der Waals surface area (Å²) in [5.74, 6) is -1.52. The van der Waals surface area contributed by atoms with Gasteiger partial charge in [0.15, 0.2) is 6.10 Å². The number of phenols is 1. The fraction of sp³-hybridized carbons (Fsp3) is 0.211. The Hall–Kier alpha value is -3.15. The van der Waals surface area contributed by atoms with Gasteiger partial charge < -0.3 is 15.2 Å². The number of para-hydroxylation sites is 1. The molecule has 0 aliphatic rings. The molecule has 2 N–H and O–H groups in total. The van der Waals surface area contributed by atoms with Crippen LogP contribution in [0.15, 0.2) is 42.5 Å². The number of ether oxygens (including phenoxy) is 1. The predicted octanol–water partition coefficient (Wildman–Crippen LogP) is 3.09. The molecule has 6 heteroatoms. The highest BCUT2D eigenvalue weighted by Gasteiger charge is 2.22. The highest BCUT2D eigenvalue weighted by atomic mass is 16.5. The van der Waals surface area contributed by atoms with E-state index in [2.05, 4.69) is 5.32 Å². The number of Topliss-reactive ketones (excluding diaryl/α,β-unsaturated/α-hetero) is 1. The fourth-order valence-electron chi connectivity index (χ4n) is 2.26. The van der Waals surface area contributed by atoms with Crippen LogP contribution in [0, 0.1) is 6.92 Å². The number of carbonyl (C=O) groups excluding carboxylic acids is 3. The maximum Gasteiger partial charge on any atom is 0.342 e. The summed E-state index contributed by atoms with van der Waals surface area (Å²) in [6.07, 6.45) is -1.01. The lowest BCUT2D eigenvalue weighted by molar-refractivity contribution is -0.114. The second-order valence-electron chi connectivity index (χ2n) is 5.64. The van der Waals surface area contributed by atoms with Crippen LogP contribution >= 0.6 is 0 Å². The quantitative estimate of drug-likeness (QED) is 0.644. The molecule has 0 fully saturated rings. The van der Waals surface area contributed by atoms with E-state index >= 15 is 0 Å². The van der Waals surface area contributed by atoms with Crippen molar-refractivity contribution in [3.63, 3.8) is 0 Å². The Bertz CT molecular complexity index is 811. The summed E-state index contributed by atoms with van der Waals surface area (Å²) in [5.41, 5.74) is 1.48. The lowest BCUT2D eigenvalue weighted by Gasteiger charge is -2.14. The lowest BCUT2D eigenvalue weighted by atomic mass is 10.1. The van der Waals surface area contributed by atoms with Crippen LogP contribution in [0.1, 0.15) is 40.1 Å². The van der Waals surface area contributed by atoms with E-state index in [0.717, 1.165) is 0 Å². The van der Waals surface area contributed by atoms with E-state index < -0.39 is 12.1 Å². The number of nitrogens with one attached hydrogen (secondary N) is 1. The Kier molecular flexibility index (Phi) is 5.54. The third-order valence-electron chi connectivity index (χ3n) is 3.60. The Morgan fingerprint density at radius 3 is 2.32 bits per heavy atom. The van der Waals surface area contributed by atoms with E-state index in [-0.39, 0.29) is 23.0 Å². The van der Waals surface area contributed by atoms with Gasteiger partial charge in [-0.25, -0.2) is 4.79 Å². The van der Waals surface area contributed by atoms with Crippen LogP contribution in [0.5, 0.6) is 5.75 Å². The van der Waals surface area contributed by atoms with E-state index in [9.17, 15) is 19.5 Å². The van der Waals surface area contributed by atoms with Crippen LogP contribution in [0.4, 0.5) is 5.69 Å². The molecular weight excluding hydrogens is 322 g/mol. The molecule has 6 nitrogen and oxygen atoms in total. The van der Waals surface area contributed by atoms with Crippen molar-refractivity contribution < 1.29 is 24.2 Å². The van der Waals surface area contributed by atoms with E-state index in [1.165, 1.54) is 19.9 Å². The zero-order valence-electron chi connectivity index (χ0n) is 14.2. The number of esters is 1. The molecule has 0 heterocycles. The molecule has 25 heavy (non-hydrogen) atoms. The van der Waals surface area contributed by atoms with Crippen LogP contribution in [0.3, 0.4) is 0 Å². The van der Waals surface area contributed by atoms with Crippen molar-refractivity contribution in [2.45, 2.75) is 26.9 Å². The van der Waals surface area contributed by atoms with Crippen LogP contribution in [0.25, 0.3) is 0 Å². The molecule has 0 radical (unpaired) electrons. The maximum atomic E-state index is 12.4. The van der Waals surface area contributed by atoms with Gasteiger partial charge in [-0.1, -0.05) is 12.1 Å². The number of hydrogen-bond acceptors (Lipinski definition) is 5. The molecule has 0 spiro atoms. The lowest BCUT2D eigenvalue weighted by Crippen LogP contribution is -2.24. The number of phenolic OH excluding ortho intramolecular Hbond substituents is 1. The van der Waals surface area contributed by atoms with Crippen molar-refractivity contribution >= 4 is 23.3 Å². The molecule has 0 aliphatic carbocycles. The van der Waals surface area contributed by atoms with Crippen molar-refractivity contribution in [1.82, 2.24) is 0 Å². The van der Waals surface area contributed by atoms with Crippen molar-refractivity contribution in [3.8, 4) is 5.75 Å². The number of rotatable bonds is 5. The topological polar surface area (TPSA) is 92.7 Å². The Balaban J connectivity index is 2.08. The molecule has 2 aromatic rings. The molecule has 0 aliphatic heterocycles. The highest BCUT2D eigenvalue weighted by Crippen LogP contribution is 2.23. The van der Waals surface area contributed by atoms with E-state index in [4.69, 9.17) is 4.74 Å². The molecule has 2 aromatic carbocycles. The number of benzene rings is 2. The summed E-state index contributed by atoms with van der Waals surface area (Å²) in [7, 11) is 0. The number of hydrogen-bond donors (Lipinski definition) is 2. The summed E-state index contributed by atoms with van der Waals surface area (Å²) in [6.45, 7) is 4.52. The molecule has 1 amide bonds. The molecule has 0 aromatic heterocycles. The Morgan fingerprint density at radius 1 is 1.08 bits per heavy atom. The van der Waals surface area contributed by atoms with Gasteiger partial charge in [-0.05, 0) is 49.7 Å². The summed E-state index contributed by atoms with van der Waals surface area (Å²) >= 11 is 0. The van der Waals surface area contributed by atoms with Gasteiger partial charge in [0.1, 0.15) is 11.3 Å². The van der Waals surface area contributed by atoms with Crippen molar-refractivity contribution in [1.29, 1.82) is 0 Å². The van der Waals surface area contributed by atoms with Gasteiger partial charge in [-0.3, -0.25) is 9.59 Å². The molecule has 2 rings (SSSR count). The number of carbonyl (C=O) groups is 3. The average molecular weight is 341 g/mol. The second kappa shape index (κ2) is 7.61. The smallest absolute Gasteiger partial charge is 0.342 e. The van der Waals surface area contributed by atoms with Gasteiger partial charge in [0.2, 0.25) is 11.7 Å². The third kappa shape index (κ3) is 4.44. The number of aromatic hydroxyl groups is 1. The maximum absolute atomic E-state index is 12.4. The van der Waals surface area contributed by atoms with Gasteiger partial charge in [0.25, 0.3) is 0 Å². The number of ketones is 1. The van der Waals surface area contributed by atoms with Crippen molar-refractivity contribution in [2.75, 3.05) is 5.32 Å². The van der Waals surface area contributed by atoms with E-state index in [1.807, 2.05) is 0 Å². The molecule has 0 unspecified atom stereocenters. The monoisotopic (exact) mass is 341 g/mol. The first-order valence-electron chi connectivity index (χ1n) is 7.71. The highest BCUT2D eigenvalue weighted by molar-refractivity contribution is 6.02. The largest absolute Gasteiger partial charge is 0.507 e. The first kappa shape index (κ1) is 18.2. The molecule has 130 valence electrons. The van der Waals surface area contributed by atoms with Crippen LogP contribution in [0.2, 0.25) is 0 Å². The van der Waals surface area contributed by atoms with Gasteiger partial charge >= 0.3 is 5.97 Å². The fourth-order valence-corrected chi connectivity index (χ4v) is 2.26. The third-order valence-corrected chi connectivity index (χ3v) is 3.60. The molecule has 0 bridgehead atoms. The van der Waals surface area contributed by atoms with Crippen molar-refractivity contribution in [2.24, 2.45) is 0 Å². The number of amides is 1. The summed E-state index contributed by atoms with van der Waals surface area (Å²) in [4.78, 5) is 35.5. The zero-order valence-corrected chi connectivity index (χ0v) is 14.2. The number of anilines is 1. The zero-order chi connectivity index (χ0) is 18.6. The summed E-state index contributed by atoms with van der Waals surface area (Å²) < 4.78 is 5.17. The molecule has 0 saturated carbocycles. The van der Waals surface area contributed by atoms with Crippen LogP contribution in [-0.4, -0.2) is 28.9 Å². The van der Waals surface area contributed by atoms with Gasteiger partial charge in [0.05, 0.1) is 0 Å².